The molecule has 0 aliphatic carbocycles. The van der Waals surface area contributed by atoms with Crippen molar-refractivity contribution in [3.8, 4) is 0 Å². The first-order valence-electron chi connectivity index (χ1n) is 8.06. The molecule has 5 heteroatoms. The van der Waals surface area contributed by atoms with Gasteiger partial charge in [-0.2, -0.15) is 0 Å². The van der Waals surface area contributed by atoms with Gasteiger partial charge >= 0.3 is 0 Å². The van der Waals surface area contributed by atoms with Crippen molar-refractivity contribution < 1.29 is 9.53 Å². The first-order valence-corrected chi connectivity index (χ1v) is 8.06. The maximum atomic E-state index is 11.9. The third-order valence-electron chi connectivity index (χ3n) is 4.67. The Morgan fingerprint density at radius 3 is 2.55 bits per heavy atom. The van der Waals surface area contributed by atoms with Gasteiger partial charge in [-0.05, 0) is 51.7 Å². The predicted molar refractivity (Wildman–Crippen MR) is 79.5 cm³/mol. The number of hydrogen-bond acceptors (Lipinski definition) is 4. The minimum Gasteiger partial charge on any atom is -0.381 e. The third-order valence-corrected chi connectivity index (χ3v) is 4.67. The summed E-state index contributed by atoms with van der Waals surface area (Å²) >= 11 is 0. The van der Waals surface area contributed by atoms with Crippen LogP contribution in [0.15, 0.2) is 0 Å². The van der Waals surface area contributed by atoms with E-state index in [0.717, 1.165) is 39.0 Å². The normalized spacial score (nSPS) is 23.4. The van der Waals surface area contributed by atoms with Crippen LogP contribution in [-0.4, -0.2) is 55.7 Å². The van der Waals surface area contributed by atoms with Crippen LogP contribution in [0.1, 0.15) is 44.9 Å². The number of ether oxygens (including phenoxy) is 1. The number of hydrogen-bond donors (Lipinski definition) is 2. The number of amides is 1. The van der Waals surface area contributed by atoms with Crippen LogP contribution in [0.5, 0.6) is 0 Å². The molecule has 0 spiro atoms. The van der Waals surface area contributed by atoms with E-state index in [9.17, 15) is 4.79 Å². The molecule has 0 aromatic carbocycles. The summed E-state index contributed by atoms with van der Waals surface area (Å²) in [5.74, 6) is 0.137. The highest BCUT2D eigenvalue weighted by atomic mass is 16.5. The Morgan fingerprint density at radius 1 is 1.20 bits per heavy atom. The molecule has 0 radical (unpaired) electrons. The SMILES string of the molecule is NCCCC(=O)NCC1(N2CCCCC2)CCOCC1. The number of carbonyl (C=O) groups excluding carboxylic acids is 1. The lowest BCUT2D eigenvalue weighted by atomic mass is 9.86. The molecule has 2 aliphatic rings. The number of carbonyl (C=O) groups is 1. The van der Waals surface area contributed by atoms with E-state index in [-0.39, 0.29) is 11.4 Å². The fraction of sp³-hybridized carbons (Fsp3) is 0.933. The van der Waals surface area contributed by atoms with Crippen LogP contribution in [0, 0.1) is 0 Å². The molecular weight excluding hydrogens is 254 g/mol. The largest absolute Gasteiger partial charge is 0.381 e. The lowest BCUT2D eigenvalue weighted by Crippen LogP contribution is -2.59. The topological polar surface area (TPSA) is 67.6 Å². The molecule has 0 atom stereocenters. The maximum Gasteiger partial charge on any atom is 0.220 e. The average molecular weight is 283 g/mol. The number of nitrogens with zero attached hydrogens (tertiary/aromatic N) is 1. The van der Waals surface area contributed by atoms with E-state index in [2.05, 4.69) is 10.2 Å². The quantitative estimate of drug-likeness (QED) is 0.759. The summed E-state index contributed by atoms with van der Waals surface area (Å²) in [5.41, 5.74) is 5.58. The molecular formula is C15H29N3O2. The molecule has 2 heterocycles. The van der Waals surface area contributed by atoms with E-state index in [0.29, 0.717) is 13.0 Å². The molecule has 116 valence electrons. The molecule has 0 aromatic rings. The van der Waals surface area contributed by atoms with Crippen LogP contribution < -0.4 is 11.1 Å². The molecule has 2 fully saturated rings. The molecule has 0 saturated carbocycles. The monoisotopic (exact) mass is 283 g/mol. The molecule has 20 heavy (non-hydrogen) atoms. The van der Waals surface area contributed by atoms with Crippen LogP contribution in [0.3, 0.4) is 0 Å². The van der Waals surface area contributed by atoms with Gasteiger partial charge in [0.05, 0.1) is 0 Å². The van der Waals surface area contributed by atoms with Crippen molar-refractivity contribution in [2.75, 3.05) is 39.4 Å². The highest BCUT2D eigenvalue weighted by molar-refractivity contribution is 5.75. The molecule has 2 rings (SSSR count). The van der Waals surface area contributed by atoms with Crippen LogP contribution in [0.2, 0.25) is 0 Å². The Balaban J connectivity index is 1.90. The number of nitrogens with one attached hydrogen (secondary N) is 1. The fourth-order valence-electron chi connectivity index (χ4n) is 3.34. The van der Waals surface area contributed by atoms with Crippen molar-refractivity contribution in [3.05, 3.63) is 0 Å². The molecule has 5 nitrogen and oxygen atoms in total. The van der Waals surface area contributed by atoms with E-state index in [1.165, 1.54) is 32.4 Å². The highest BCUT2D eigenvalue weighted by Gasteiger charge is 2.38. The standard InChI is InChI=1S/C15H29N3O2/c16-8-4-5-14(19)17-13-15(6-11-20-12-7-15)18-9-2-1-3-10-18/h1-13,16H2,(H,17,19). The molecule has 2 aliphatic heterocycles. The van der Waals surface area contributed by atoms with Gasteiger partial charge in [0.25, 0.3) is 0 Å². The van der Waals surface area contributed by atoms with Crippen LogP contribution in [0.25, 0.3) is 0 Å². The molecule has 1 amide bonds. The first-order chi connectivity index (χ1) is 9.77. The van der Waals surface area contributed by atoms with Gasteiger partial charge in [0.2, 0.25) is 5.91 Å². The molecule has 0 unspecified atom stereocenters. The van der Waals surface area contributed by atoms with Gasteiger partial charge in [-0.25, -0.2) is 0 Å². The summed E-state index contributed by atoms with van der Waals surface area (Å²) in [5, 5.41) is 3.13. The second-order valence-corrected chi connectivity index (χ2v) is 6.05. The summed E-state index contributed by atoms with van der Waals surface area (Å²) in [4.78, 5) is 14.5. The van der Waals surface area contributed by atoms with E-state index in [4.69, 9.17) is 10.5 Å². The van der Waals surface area contributed by atoms with E-state index < -0.39 is 0 Å². The van der Waals surface area contributed by atoms with Crippen molar-refractivity contribution in [1.82, 2.24) is 10.2 Å². The highest BCUT2D eigenvalue weighted by Crippen LogP contribution is 2.30. The van der Waals surface area contributed by atoms with Gasteiger partial charge in [0.1, 0.15) is 0 Å². The van der Waals surface area contributed by atoms with Crippen molar-refractivity contribution in [3.63, 3.8) is 0 Å². The Morgan fingerprint density at radius 2 is 1.90 bits per heavy atom. The number of piperidine rings is 1. The second-order valence-electron chi connectivity index (χ2n) is 6.05. The minimum atomic E-state index is 0.122. The predicted octanol–water partition coefficient (Wildman–Crippen LogP) is 0.877. The molecule has 2 saturated heterocycles. The molecule has 3 N–H and O–H groups in total. The van der Waals surface area contributed by atoms with Crippen molar-refractivity contribution in [1.29, 1.82) is 0 Å². The summed E-state index contributed by atoms with van der Waals surface area (Å²) < 4.78 is 5.53. The minimum absolute atomic E-state index is 0.122. The molecule has 0 bridgehead atoms. The van der Waals surface area contributed by atoms with E-state index >= 15 is 0 Å². The number of nitrogens with two attached hydrogens (primary N) is 1. The lowest BCUT2D eigenvalue weighted by molar-refractivity contribution is -0.122. The fourth-order valence-corrected chi connectivity index (χ4v) is 3.34. The van der Waals surface area contributed by atoms with Crippen LogP contribution in [0.4, 0.5) is 0 Å². The summed E-state index contributed by atoms with van der Waals surface area (Å²) in [6.07, 6.45) is 7.28. The van der Waals surface area contributed by atoms with Crippen molar-refractivity contribution >= 4 is 5.91 Å². The van der Waals surface area contributed by atoms with E-state index in [1.54, 1.807) is 0 Å². The Hall–Kier alpha value is -0.650. The zero-order valence-corrected chi connectivity index (χ0v) is 12.5. The summed E-state index contributed by atoms with van der Waals surface area (Å²) in [7, 11) is 0. The smallest absolute Gasteiger partial charge is 0.220 e. The van der Waals surface area contributed by atoms with Gasteiger partial charge in [-0.15, -0.1) is 0 Å². The van der Waals surface area contributed by atoms with Gasteiger partial charge < -0.3 is 15.8 Å². The molecule has 0 aromatic heterocycles. The van der Waals surface area contributed by atoms with Gasteiger partial charge in [-0.1, -0.05) is 6.42 Å². The number of likely N-dealkylation sites (tertiary alicyclic amines) is 1. The Kier molecular flexibility index (Phi) is 6.26. The summed E-state index contributed by atoms with van der Waals surface area (Å²) in [6, 6.07) is 0. The van der Waals surface area contributed by atoms with Gasteiger partial charge in [-0.3, -0.25) is 9.69 Å². The van der Waals surface area contributed by atoms with Crippen molar-refractivity contribution in [2.45, 2.75) is 50.5 Å². The lowest BCUT2D eigenvalue weighted by Gasteiger charge is -2.48. The Bertz CT molecular complexity index is 297. The second kappa shape index (κ2) is 7.96. The zero-order chi connectivity index (χ0) is 14.3. The van der Waals surface area contributed by atoms with Crippen LogP contribution in [-0.2, 0) is 9.53 Å². The summed E-state index contributed by atoms with van der Waals surface area (Å²) in [6.45, 7) is 5.31. The third kappa shape index (κ3) is 4.17. The van der Waals surface area contributed by atoms with Gasteiger partial charge in [0, 0.05) is 31.7 Å². The van der Waals surface area contributed by atoms with Gasteiger partial charge in [0.15, 0.2) is 0 Å². The van der Waals surface area contributed by atoms with Crippen LogP contribution >= 0.6 is 0 Å². The maximum absolute atomic E-state index is 11.9. The zero-order valence-electron chi connectivity index (χ0n) is 12.5. The van der Waals surface area contributed by atoms with Crippen molar-refractivity contribution in [2.24, 2.45) is 5.73 Å². The number of rotatable bonds is 6. The first kappa shape index (κ1) is 15.7. The Labute approximate surface area is 122 Å². The average Bonchev–Trinajstić information content (AvgIpc) is 2.52. The van der Waals surface area contributed by atoms with E-state index in [1.807, 2.05) is 0 Å².